The van der Waals surface area contributed by atoms with Gasteiger partial charge in [0.25, 0.3) is 0 Å². The molecule has 4 N–H and O–H groups in total. The number of hydrogen-bond donors (Lipinski definition) is 3. The number of nitrogens with one attached hydrogen (secondary N) is 2. The number of carbonyl (C=O) groups excluding carboxylic acids is 1. The number of nitrogens with two attached hydrogens (primary N) is 1. The van der Waals surface area contributed by atoms with Crippen molar-refractivity contribution in [2.24, 2.45) is 16.6 Å². The van der Waals surface area contributed by atoms with Crippen LogP contribution in [0.1, 0.15) is 33.6 Å². The lowest BCUT2D eigenvalue weighted by atomic mass is 10.2. The summed E-state index contributed by atoms with van der Waals surface area (Å²) in [6.07, 6.45) is 1.75. The Balaban J connectivity index is 1.90. The number of alkyl carbamates (subject to hydrolysis) is 1. The van der Waals surface area contributed by atoms with Gasteiger partial charge in [-0.25, -0.2) is 4.79 Å². The normalized spacial score (nSPS) is 16.1. The molecule has 0 spiro atoms. The van der Waals surface area contributed by atoms with E-state index in [1.54, 1.807) is 7.11 Å². The number of amides is 1. The van der Waals surface area contributed by atoms with E-state index in [2.05, 4.69) is 15.6 Å². The zero-order chi connectivity index (χ0) is 18.4. The second kappa shape index (κ2) is 8.09. The van der Waals surface area contributed by atoms with Crippen molar-refractivity contribution in [1.82, 2.24) is 5.32 Å². The summed E-state index contributed by atoms with van der Waals surface area (Å²) >= 11 is 0. The van der Waals surface area contributed by atoms with Gasteiger partial charge in [-0.05, 0) is 51.7 Å². The molecule has 0 aliphatic heterocycles. The molecule has 1 amide bonds. The molecule has 1 aromatic carbocycles. The van der Waals surface area contributed by atoms with E-state index in [-0.39, 0.29) is 6.04 Å². The molecular formula is C18H28N4O3. The van der Waals surface area contributed by atoms with Crippen molar-refractivity contribution in [2.75, 3.05) is 19.0 Å². The molecule has 0 radical (unpaired) electrons. The van der Waals surface area contributed by atoms with Gasteiger partial charge in [0.05, 0.1) is 19.7 Å². The molecule has 0 heterocycles. The first-order valence-corrected chi connectivity index (χ1v) is 8.47. The molecule has 0 saturated heterocycles. The van der Waals surface area contributed by atoms with Gasteiger partial charge in [0.2, 0.25) is 0 Å². The second-order valence-electron chi connectivity index (χ2n) is 7.17. The molecule has 138 valence electrons. The molecule has 1 aliphatic carbocycles. The Morgan fingerprint density at radius 3 is 2.72 bits per heavy atom. The molecule has 0 bridgehead atoms. The first-order chi connectivity index (χ1) is 11.8. The van der Waals surface area contributed by atoms with Gasteiger partial charge in [-0.1, -0.05) is 6.07 Å². The maximum absolute atomic E-state index is 12.0. The number of methoxy groups -OCH3 is 1. The Hall–Kier alpha value is -2.44. The zero-order valence-corrected chi connectivity index (χ0v) is 15.3. The molecule has 7 nitrogen and oxygen atoms in total. The fourth-order valence-electron chi connectivity index (χ4n) is 2.36. The first kappa shape index (κ1) is 18.9. The van der Waals surface area contributed by atoms with Gasteiger partial charge in [0.1, 0.15) is 11.4 Å². The summed E-state index contributed by atoms with van der Waals surface area (Å²) in [6, 6.07) is 7.36. The highest BCUT2D eigenvalue weighted by Gasteiger charge is 2.33. The number of guanidine groups is 1. The lowest BCUT2D eigenvalue weighted by Gasteiger charge is -2.23. The number of benzene rings is 1. The minimum absolute atomic E-state index is 0.0690. The molecule has 25 heavy (non-hydrogen) atoms. The Morgan fingerprint density at radius 2 is 2.12 bits per heavy atom. The van der Waals surface area contributed by atoms with E-state index in [1.807, 2.05) is 45.0 Å². The molecule has 2 rings (SSSR count). The summed E-state index contributed by atoms with van der Waals surface area (Å²) in [5.41, 5.74) is 6.23. The number of nitrogens with zero attached hydrogens (tertiary/aromatic N) is 1. The lowest BCUT2D eigenvalue weighted by Crippen LogP contribution is -2.42. The van der Waals surface area contributed by atoms with Gasteiger partial charge in [-0.3, -0.25) is 4.99 Å². The maximum Gasteiger partial charge on any atom is 0.407 e. The van der Waals surface area contributed by atoms with Crippen molar-refractivity contribution in [3.8, 4) is 5.75 Å². The molecule has 1 aromatic rings. The van der Waals surface area contributed by atoms with Crippen molar-refractivity contribution in [3.63, 3.8) is 0 Å². The monoisotopic (exact) mass is 348 g/mol. The molecule has 1 aliphatic rings. The van der Waals surface area contributed by atoms with Gasteiger partial charge < -0.3 is 25.8 Å². The van der Waals surface area contributed by atoms with Crippen LogP contribution in [-0.4, -0.2) is 37.4 Å². The van der Waals surface area contributed by atoms with Gasteiger partial charge >= 0.3 is 6.09 Å². The van der Waals surface area contributed by atoms with E-state index >= 15 is 0 Å². The van der Waals surface area contributed by atoms with E-state index in [0.29, 0.717) is 18.4 Å². The molecule has 7 heteroatoms. The van der Waals surface area contributed by atoms with Crippen LogP contribution in [0, 0.1) is 5.92 Å². The fraction of sp³-hybridized carbons (Fsp3) is 0.556. The quantitative estimate of drug-likeness (QED) is 0.542. The highest BCUT2D eigenvalue weighted by molar-refractivity contribution is 5.92. The summed E-state index contributed by atoms with van der Waals surface area (Å²) in [7, 11) is 1.61. The molecule has 0 aromatic heterocycles. The van der Waals surface area contributed by atoms with Crippen LogP contribution in [0.15, 0.2) is 29.3 Å². The van der Waals surface area contributed by atoms with Crippen LogP contribution >= 0.6 is 0 Å². The third kappa shape index (κ3) is 6.91. The highest BCUT2D eigenvalue weighted by Crippen LogP contribution is 2.33. The first-order valence-electron chi connectivity index (χ1n) is 8.47. The number of hydrogen-bond acceptors (Lipinski definition) is 4. The van der Waals surface area contributed by atoms with Gasteiger partial charge in [-0.15, -0.1) is 0 Å². The SMILES string of the molecule is COc1cccc(NC(N)=NCC(NC(=O)OC(C)(C)C)C2CC2)c1. The van der Waals surface area contributed by atoms with Crippen LogP contribution in [0.4, 0.5) is 10.5 Å². The minimum atomic E-state index is -0.519. The summed E-state index contributed by atoms with van der Waals surface area (Å²) in [6.45, 7) is 5.93. The summed E-state index contributed by atoms with van der Waals surface area (Å²) in [5, 5.41) is 5.93. The van der Waals surface area contributed by atoms with Crippen molar-refractivity contribution in [3.05, 3.63) is 24.3 Å². The standard InChI is InChI=1S/C18H28N4O3/c1-18(2,3)25-17(23)22-15(12-8-9-12)11-20-16(19)21-13-6-5-7-14(10-13)24-4/h5-7,10,12,15H,8-9,11H2,1-4H3,(H,22,23)(H3,19,20,21). The average molecular weight is 348 g/mol. The van der Waals surface area contributed by atoms with Crippen molar-refractivity contribution >= 4 is 17.7 Å². The Bertz CT molecular complexity index is 621. The van der Waals surface area contributed by atoms with Crippen molar-refractivity contribution in [2.45, 2.75) is 45.3 Å². The molecule has 1 fully saturated rings. The number of rotatable bonds is 6. The summed E-state index contributed by atoms with van der Waals surface area (Å²) in [4.78, 5) is 16.3. The largest absolute Gasteiger partial charge is 0.497 e. The summed E-state index contributed by atoms with van der Waals surface area (Å²) in [5.74, 6) is 1.46. The number of aliphatic imine (C=N–C) groups is 1. The second-order valence-corrected chi connectivity index (χ2v) is 7.17. The van der Waals surface area contributed by atoms with Gasteiger partial charge in [0.15, 0.2) is 5.96 Å². The fourth-order valence-corrected chi connectivity index (χ4v) is 2.36. The van der Waals surface area contributed by atoms with Crippen LogP contribution < -0.4 is 21.1 Å². The summed E-state index contributed by atoms with van der Waals surface area (Å²) < 4.78 is 10.5. The van der Waals surface area contributed by atoms with E-state index in [9.17, 15) is 4.79 Å². The van der Waals surface area contributed by atoms with Crippen LogP contribution in [0.5, 0.6) is 5.75 Å². The number of ether oxygens (including phenoxy) is 2. The van der Waals surface area contributed by atoms with E-state index in [0.717, 1.165) is 24.3 Å². The van der Waals surface area contributed by atoms with Crippen molar-refractivity contribution in [1.29, 1.82) is 0 Å². The lowest BCUT2D eigenvalue weighted by molar-refractivity contribution is 0.0500. The minimum Gasteiger partial charge on any atom is -0.497 e. The van der Waals surface area contributed by atoms with E-state index in [1.165, 1.54) is 0 Å². The zero-order valence-electron chi connectivity index (χ0n) is 15.3. The number of anilines is 1. The molecule has 1 atom stereocenters. The van der Waals surface area contributed by atoms with Crippen LogP contribution in [0.2, 0.25) is 0 Å². The topological polar surface area (TPSA) is 98.0 Å². The predicted octanol–water partition coefficient (Wildman–Crippen LogP) is 2.73. The number of carbonyl (C=O) groups is 1. The molecule has 1 saturated carbocycles. The molecule has 1 unspecified atom stereocenters. The highest BCUT2D eigenvalue weighted by atomic mass is 16.6. The van der Waals surface area contributed by atoms with Gasteiger partial charge in [0, 0.05) is 11.8 Å². The smallest absolute Gasteiger partial charge is 0.407 e. The Kier molecular flexibility index (Phi) is 6.12. The Labute approximate surface area is 149 Å². The maximum atomic E-state index is 12.0. The van der Waals surface area contributed by atoms with E-state index < -0.39 is 11.7 Å². The molecular weight excluding hydrogens is 320 g/mol. The van der Waals surface area contributed by atoms with Crippen LogP contribution in [0.25, 0.3) is 0 Å². The third-order valence-electron chi connectivity index (χ3n) is 3.69. The van der Waals surface area contributed by atoms with Crippen LogP contribution in [0.3, 0.4) is 0 Å². The van der Waals surface area contributed by atoms with Crippen LogP contribution in [-0.2, 0) is 4.74 Å². The average Bonchev–Trinajstić information content (AvgIpc) is 3.34. The van der Waals surface area contributed by atoms with E-state index in [4.69, 9.17) is 15.2 Å². The predicted molar refractivity (Wildman–Crippen MR) is 99.0 cm³/mol. The third-order valence-corrected chi connectivity index (χ3v) is 3.69. The Morgan fingerprint density at radius 1 is 1.40 bits per heavy atom. The van der Waals surface area contributed by atoms with Crippen molar-refractivity contribution < 1.29 is 14.3 Å². The van der Waals surface area contributed by atoms with Gasteiger partial charge in [-0.2, -0.15) is 0 Å².